The fourth-order valence-electron chi connectivity index (χ4n) is 2.19. The molecule has 0 bridgehead atoms. The number of carbonyl (C=O) groups excluding carboxylic acids is 1. The molecule has 0 unspecified atom stereocenters. The zero-order valence-corrected chi connectivity index (χ0v) is 16.8. The second kappa shape index (κ2) is 7.98. The summed E-state index contributed by atoms with van der Waals surface area (Å²) in [6.07, 6.45) is 0. The van der Waals surface area contributed by atoms with E-state index in [9.17, 15) is 9.90 Å². The van der Waals surface area contributed by atoms with Crippen molar-refractivity contribution in [1.29, 1.82) is 0 Å². The number of benzene rings is 2. The Kier molecular flexibility index (Phi) is 5.70. The van der Waals surface area contributed by atoms with Gasteiger partial charge in [0.15, 0.2) is 10.2 Å². The number of nitrogens with zero attached hydrogens (tertiary/aromatic N) is 1. The summed E-state index contributed by atoms with van der Waals surface area (Å²) in [7, 11) is 0. The second-order valence-corrected chi connectivity index (χ2v) is 7.45. The number of fused-ring (bicyclic) bond motifs is 1. The van der Waals surface area contributed by atoms with Gasteiger partial charge in [-0.3, -0.25) is 10.1 Å². The number of hydrogen-bond donors (Lipinski definition) is 3. The minimum atomic E-state index is -0.343. The van der Waals surface area contributed by atoms with E-state index in [-0.39, 0.29) is 16.8 Å². The molecule has 3 aromatic rings. The number of ether oxygens (including phenoxy) is 1. The molecular formula is C17H14BrN3O3S2. The number of thiazole rings is 1. The lowest BCUT2D eigenvalue weighted by Crippen LogP contribution is -2.34. The Morgan fingerprint density at radius 3 is 2.88 bits per heavy atom. The van der Waals surface area contributed by atoms with Crippen LogP contribution in [0.5, 0.6) is 11.5 Å². The number of anilines is 1. The Morgan fingerprint density at radius 1 is 1.35 bits per heavy atom. The van der Waals surface area contributed by atoms with Gasteiger partial charge in [0.2, 0.25) is 0 Å². The highest BCUT2D eigenvalue weighted by molar-refractivity contribution is 9.10. The molecule has 3 rings (SSSR count). The van der Waals surface area contributed by atoms with Crippen LogP contribution in [0.25, 0.3) is 10.2 Å². The van der Waals surface area contributed by atoms with Crippen molar-refractivity contribution in [2.45, 2.75) is 6.92 Å². The number of thiocarbonyl (C=S) groups is 1. The number of hydrogen-bond acceptors (Lipinski definition) is 6. The van der Waals surface area contributed by atoms with Crippen LogP contribution in [0.15, 0.2) is 40.9 Å². The molecule has 134 valence electrons. The van der Waals surface area contributed by atoms with Crippen molar-refractivity contribution in [3.63, 3.8) is 0 Å². The van der Waals surface area contributed by atoms with Crippen LogP contribution in [0, 0.1) is 0 Å². The summed E-state index contributed by atoms with van der Waals surface area (Å²) in [6.45, 7) is 2.43. The summed E-state index contributed by atoms with van der Waals surface area (Å²) < 4.78 is 6.94. The minimum Gasteiger partial charge on any atom is -0.508 e. The van der Waals surface area contributed by atoms with Crippen LogP contribution in [0.4, 0.5) is 5.13 Å². The van der Waals surface area contributed by atoms with Gasteiger partial charge in [0.05, 0.1) is 21.3 Å². The SMILES string of the molecule is CCOc1ccc(C(=O)NC(=S)Nc2nc3ccc(O)cc3s2)cc1Br. The van der Waals surface area contributed by atoms with E-state index in [1.165, 1.54) is 11.3 Å². The standard InChI is InChI=1S/C17H14BrN3O3S2/c1-2-24-13-6-3-9(7-11(13)18)15(23)20-16(25)21-17-19-12-5-4-10(22)8-14(12)26-17/h3-8,22H,2H2,1H3,(H2,19,20,21,23,25). The Balaban J connectivity index is 1.66. The van der Waals surface area contributed by atoms with Gasteiger partial charge in [0.1, 0.15) is 11.5 Å². The Morgan fingerprint density at radius 2 is 2.15 bits per heavy atom. The first-order chi connectivity index (χ1) is 12.5. The van der Waals surface area contributed by atoms with Crippen LogP contribution in [0.1, 0.15) is 17.3 Å². The maximum absolute atomic E-state index is 12.3. The molecule has 0 spiro atoms. The molecule has 1 heterocycles. The zero-order valence-electron chi connectivity index (χ0n) is 13.6. The summed E-state index contributed by atoms with van der Waals surface area (Å²) in [4.78, 5) is 16.7. The van der Waals surface area contributed by atoms with Crippen LogP contribution in [0.2, 0.25) is 0 Å². The highest BCUT2D eigenvalue weighted by atomic mass is 79.9. The van der Waals surface area contributed by atoms with E-state index >= 15 is 0 Å². The molecule has 0 saturated carbocycles. The van der Waals surface area contributed by atoms with Crippen LogP contribution in [-0.4, -0.2) is 27.7 Å². The Labute approximate surface area is 167 Å². The number of nitrogens with one attached hydrogen (secondary N) is 2. The summed E-state index contributed by atoms with van der Waals surface area (Å²) in [6, 6.07) is 9.95. The molecule has 0 aliphatic carbocycles. The average Bonchev–Trinajstić information content (AvgIpc) is 2.97. The molecule has 0 aliphatic rings. The quantitative estimate of drug-likeness (QED) is 0.513. The van der Waals surface area contributed by atoms with Crippen molar-refractivity contribution in [1.82, 2.24) is 10.3 Å². The van der Waals surface area contributed by atoms with Gasteiger partial charge >= 0.3 is 0 Å². The molecule has 6 nitrogen and oxygen atoms in total. The first-order valence-electron chi connectivity index (χ1n) is 7.60. The van der Waals surface area contributed by atoms with Crippen molar-refractivity contribution in [3.8, 4) is 11.5 Å². The topological polar surface area (TPSA) is 83.5 Å². The number of aromatic nitrogens is 1. The lowest BCUT2D eigenvalue weighted by molar-refractivity contribution is 0.0977. The number of rotatable bonds is 4. The summed E-state index contributed by atoms with van der Waals surface area (Å²) in [5, 5.41) is 15.7. The first kappa shape index (κ1) is 18.6. The molecule has 0 fully saturated rings. The number of halogens is 1. The molecule has 1 amide bonds. The van der Waals surface area contributed by atoms with Crippen LogP contribution >= 0.6 is 39.5 Å². The van der Waals surface area contributed by atoms with Gasteiger partial charge in [-0.15, -0.1) is 0 Å². The highest BCUT2D eigenvalue weighted by Gasteiger charge is 2.12. The lowest BCUT2D eigenvalue weighted by atomic mass is 10.2. The fourth-order valence-corrected chi connectivity index (χ4v) is 3.84. The maximum Gasteiger partial charge on any atom is 0.257 e. The van der Waals surface area contributed by atoms with Crippen molar-refractivity contribution in [2.24, 2.45) is 0 Å². The highest BCUT2D eigenvalue weighted by Crippen LogP contribution is 2.29. The average molecular weight is 452 g/mol. The number of phenols is 1. The maximum atomic E-state index is 12.3. The first-order valence-corrected chi connectivity index (χ1v) is 9.62. The largest absolute Gasteiger partial charge is 0.508 e. The monoisotopic (exact) mass is 451 g/mol. The zero-order chi connectivity index (χ0) is 18.7. The number of amides is 1. The van der Waals surface area contributed by atoms with Gasteiger partial charge in [0.25, 0.3) is 5.91 Å². The summed E-state index contributed by atoms with van der Waals surface area (Å²) >= 11 is 9.89. The summed E-state index contributed by atoms with van der Waals surface area (Å²) in [5.74, 6) is 0.497. The van der Waals surface area contributed by atoms with E-state index in [0.29, 0.717) is 27.5 Å². The molecule has 9 heteroatoms. The van der Waals surface area contributed by atoms with Gasteiger partial charge in [0, 0.05) is 5.56 Å². The smallest absolute Gasteiger partial charge is 0.257 e. The third-order valence-corrected chi connectivity index (χ3v) is 5.07. The van der Waals surface area contributed by atoms with Gasteiger partial charge in [-0.05, 0) is 71.5 Å². The van der Waals surface area contributed by atoms with Gasteiger partial charge in [-0.2, -0.15) is 0 Å². The third kappa shape index (κ3) is 4.29. The third-order valence-electron chi connectivity index (χ3n) is 3.31. The lowest BCUT2D eigenvalue weighted by Gasteiger charge is -2.09. The molecule has 2 aromatic carbocycles. The van der Waals surface area contributed by atoms with E-state index < -0.39 is 0 Å². The number of phenolic OH excluding ortho intramolecular Hbond substituents is 1. The number of carbonyl (C=O) groups is 1. The predicted octanol–water partition coefficient (Wildman–Crippen LogP) is 4.29. The fraction of sp³-hybridized carbons (Fsp3) is 0.118. The number of aromatic hydroxyl groups is 1. The molecule has 0 atom stereocenters. The van der Waals surface area contributed by atoms with Gasteiger partial charge in [-0.1, -0.05) is 11.3 Å². The van der Waals surface area contributed by atoms with Crippen molar-refractivity contribution in [3.05, 3.63) is 46.4 Å². The van der Waals surface area contributed by atoms with Gasteiger partial charge < -0.3 is 15.2 Å². The van der Waals surface area contributed by atoms with E-state index in [1.807, 2.05) is 6.92 Å². The Bertz CT molecular complexity index is 991. The minimum absolute atomic E-state index is 0.142. The molecule has 1 aromatic heterocycles. The van der Waals surface area contributed by atoms with Crippen LogP contribution in [0.3, 0.4) is 0 Å². The molecule has 0 radical (unpaired) electrons. The molecule has 0 saturated heterocycles. The van der Waals surface area contributed by atoms with E-state index in [2.05, 4.69) is 31.5 Å². The molecule has 3 N–H and O–H groups in total. The van der Waals surface area contributed by atoms with Crippen molar-refractivity contribution >= 4 is 65.9 Å². The van der Waals surface area contributed by atoms with Crippen molar-refractivity contribution in [2.75, 3.05) is 11.9 Å². The van der Waals surface area contributed by atoms with E-state index in [1.54, 1.807) is 36.4 Å². The second-order valence-electron chi connectivity index (χ2n) is 5.16. The molecule has 0 aliphatic heterocycles. The Hall–Kier alpha value is -2.23. The predicted molar refractivity (Wildman–Crippen MR) is 110 cm³/mol. The van der Waals surface area contributed by atoms with E-state index in [4.69, 9.17) is 17.0 Å². The van der Waals surface area contributed by atoms with Crippen LogP contribution in [-0.2, 0) is 0 Å². The van der Waals surface area contributed by atoms with E-state index in [0.717, 1.165) is 10.2 Å². The molecule has 26 heavy (non-hydrogen) atoms. The van der Waals surface area contributed by atoms with Crippen molar-refractivity contribution < 1.29 is 14.6 Å². The van der Waals surface area contributed by atoms with Crippen LogP contribution < -0.4 is 15.4 Å². The van der Waals surface area contributed by atoms with Gasteiger partial charge in [-0.25, -0.2) is 4.98 Å². The normalized spacial score (nSPS) is 10.5. The summed E-state index contributed by atoms with van der Waals surface area (Å²) in [5.41, 5.74) is 1.18. The molecular weight excluding hydrogens is 438 g/mol.